The van der Waals surface area contributed by atoms with Gasteiger partial charge in [-0.05, 0) is 50.6 Å². The number of piperidine rings is 1. The lowest BCUT2D eigenvalue weighted by Crippen LogP contribution is -2.29. The summed E-state index contributed by atoms with van der Waals surface area (Å²) in [5, 5.41) is 14.3. The molecule has 7 nitrogen and oxygen atoms in total. The molecule has 1 fully saturated rings. The fraction of sp³-hybridized carbons (Fsp3) is 0.471. The van der Waals surface area contributed by atoms with Gasteiger partial charge in [-0.25, -0.2) is 4.68 Å². The zero-order valence-electron chi connectivity index (χ0n) is 13.9. The fourth-order valence-corrected chi connectivity index (χ4v) is 2.82. The van der Waals surface area contributed by atoms with E-state index in [1.807, 2.05) is 35.9 Å². The summed E-state index contributed by atoms with van der Waals surface area (Å²) in [5.74, 6) is 0.595. The van der Waals surface area contributed by atoms with Gasteiger partial charge in [-0.2, -0.15) is 0 Å². The fourth-order valence-electron chi connectivity index (χ4n) is 2.82. The Morgan fingerprint density at radius 1 is 1.42 bits per heavy atom. The van der Waals surface area contributed by atoms with Gasteiger partial charge in [0.1, 0.15) is 5.75 Å². The maximum absolute atomic E-state index is 12.3. The molecule has 0 spiro atoms. The number of amides is 1. The second-order valence-corrected chi connectivity index (χ2v) is 5.83. The van der Waals surface area contributed by atoms with Gasteiger partial charge in [0.25, 0.3) is 5.91 Å². The first-order chi connectivity index (χ1) is 11.8. The predicted octanol–water partition coefficient (Wildman–Crippen LogP) is 1.53. The van der Waals surface area contributed by atoms with Crippen molar-refractivity contribution in [3.63, 3.8) is 0 Å². The molecule has 0 unspecified atom stereocenters. The molecule has 2 aromatic rings. The molecule has 0 saturated carbocycles. The van der Waals surface area contributed by atoms with Gasteiger partial charge in [0.2, 0.25) is 0 Å². The first-order valence-electron chi connectivity index (χ1n) is 8.38. The number of hydrogen-bond donors (Lipinski definition) is 2. The van der Waals surface area contributed by atoms with Crippen molar-refractivity contribution < 1.29 is 9.53 Å². The van der Waals surface area contributed by atoms with Crippen LogP contribution in [0.3, 0.4) is 0 Å². The molecule has 1 aliphatic rings. The molecule has 7 heteroatoms. The topological polar surface area (TPSA) is 81.1 Å². The van der Waals surface area contributed by atoms with E-state index in [9.17, 15) is 4.79 Å². The van der Waals surface area contributed by atoms with E-state index in [1.165, 1.54) is 0 Å². The Bertz CT molecular complexity index is 679. The quantitative estimate of drug-likeness (QED) is 0.840. The molecule has 0 aliphatic carbocycles. The van der Waals surface area contributed by atoms with Crippen molar-refractivity contribution in [1.82, 2.24) is 25.6 Å². The minimum Gasteiger partial charge on any atom is -0.494 e. The number of rotatable bonds is 6. The Kier molecular flexibility index (Phi) is 5.43. The Labute approximate surface area is 141 Å². The molecule has 128 valence electrons. The summed E-state index contributed by atoms with van der Waals surface area (Å²) < 4.78 is 7.28. The maximum atomic E-state index is 12.3. The summed E-state index contributed by atoms with van der Waals surface area (Å²) in [4.78, 5) is 12.3. The summed E-state index contributed by atoms with van der Waals surface area (Å²) in [6.45, 7) is 4.94. The molecule has 0 bridgehead atoms. The zero-order valence-corrected chi connectivity index (χ0v) is 13.9. The molecule has 1 aromatic heterocycles. The van der Waals surface area contributed by atoms with E-state index in [2.05, 4.69) is 20.9 Å². The average Bonchev–Trinajstić information content (AvgIpc) is 3.11. The van der Waals surface area contributed by atoms with E-state index in [0.717, 1.165) is 37.2 Å². The number of benzene rings is 1. The molecule has 3 rings (SSSR count). The summed E-state index contributed by atoms with van der Waals surface area (Å²) >= 11 is 0. The van der Waals surface area contributed by atoms with Crippen molar-refractivity contribution in [1.29, 1.82) is 0 Å². The normalized spacial score (nSPS) is 15.2. The Morgan fingerprint density at radius 3 is 3.04 bits per heavy atom. The van der Waals surface area contributed by atoms with Crippen LogP contribution in [0, 0.1) is 0 Å². The highest BCUT2D eigenvalue weighted by molar-refractivity contribution is 5.91. The van der Waals surface area contributed by atoms with Crippen molar-refractivity contribution in [3.05, 3.63) is 41.7 Å². The standard InChI is InChI=1S/C17H23N5O2/c1-2-24-15-5-3-4-13(10-15)11-19-17(23)16-12-22(21-20-16)14-6-8-18-9-7-14/h3-5,10,12,14,18H,2,6-9,11H2,1H3,(H,19,23). The van der Waals surface area contributed by atoms with Crippen molar-refractivity contribution in [2.45, 2.75) is 32.4 Å². The highest BCUT2D eigenvalue weighted by Crippen LogP contribution is 2.17. The van der Waals surface area contributed by atoms with E-state index in [1.54, 1.807) is 6.20 Å². The lowest BCUT2D eigenvalue weighted by Gasteiger charge is -2.22. The van der Waals surface area contributed by atoms with Crippen molar-refractivity contribution in [3.8, 4) is 5.75 Å². The molecule has 0 atom stereocenters. The summed E-state index contributed by atoms with van der Waals surface area (Å²) in [6, 6.07) is 8.02. The molecule has 1 saturated heterocycles. The van der Waals surface area contributed by atoms with Gasteiger partial charge in [-0.15, -0.1) is 5.10 Å². The van der Waals surface area contributed by atoms with Crippen molar-refractivity contribution >= 4 is 5.91 Å². The smallest absolute Gasteiger partial charge is 0.273 e. The number of nitrogens with zero attached hydrogens (tertiary/aromatic N) is 3. The van der Waals surface area contributed by atoms with E-state index in [0.29, 0.717) is 24.9 Å². The van der Waals surface area contributed by atoms with Crippen LogP contribution in [0.15, 0.2) is 30.5 Å². The van der Waals surface area contributed by atoms with E-state index >= 15 is 0 Å². The van der Waals surface area contributed by atoms with Gasteiger partial charge in [0.15, 0.2) is 5.69 Å². The number of carbonyl (C=O) groups excluding carboxylic acids is 1. The first-order valence-corrected chi connectivity index (χ1v) is 8.38. The molecule has 1 aliphatic heterocycles. The summed E-state index contributed by atoms with van der Waals surface area (Å²) in [7, 11) is 0. The van der Waals surface area contributed by atoms with Crippen molar-refractivity contribution in [2.75, 3.05) is 19.7 Å². The minimum atomic E-state index is -0.211. The highest BCUT2D eigenvalue weighted by Gasteiger charge is 2.18. The van der Waals surface area contributed by atoms with E-state index in [-0.39, 0.29) is 5.91 Å². The monoisotopic (exact) mass is 329 g/mol. The minimum absolute atomic E-state index is 0.211. The average molecular weight is 329 g/mol. The lowest BCUT2D eigenvalue weighted by molar-refractivity contribution is 0.0945. The molecule has 1 amide bonds. The van der Waals surface area contributed by atoms with Crippen LogP contribution in [0.2, 0.25) is 0 Å². The van der Waals surface area contributed by atoms with Crippen LogP contribution >= 0.6 is 0 Å². The Balaban J connectivity index is 1.57. The van der Waals surface area contributed by atoms with Gasteiger partial charge < -0.3 is 15.4 Å². The number of nitrogens with one attached hydrogen (secondary N) is 2. The van der Waals surface area contributed by atoms with Gasteiger partial charge in [-0.3, -0.25) is 4.79 Å². The van der Waals surface area contributed by atoms with Gasteiger partial charge in [-0.1, -0.05) is 17.3 Å². The number of hydrogen-bond acceptors (Lipinski definition) is 5. The highest BCUT2D eigenvalue weighted by atomic mass is 16.5. The van der Waals surface area contributed by atoms with Crippen LogP contribution < -0.4 is 15.4 Å². The second kappa shape index (κ2) is 7.92. The first kappa shape index (κ1) is 16.4. The van der Waals surface area contributed by atoms with Crippen LogP contribution in [0.4, 0.5) is 0 Å². The molecule has 2 N–H and O–H groups in total. The van der Waals surface area contributed by atoms with Crippen LogP contribution in [-0.4, -0.2) is 40.6 Å². The van der Waals surface area contributed by atoms with Crippen molar-refractivity contribution in [2.24, 2.45) is 0 Å². The zero-order chi connectivity index (χ0) is 16.8. The molecule has 0 radical (unpaired) electrons. The van der Waals surface area contributed by atoms with Crippen LogP contribution in [0.5, 0.6) is 5.75 Å². The summed E-state index contributed by atoms with van der Waals surface area (Å²) in [6.07, 6.45) is 3.76. The molecule has 2 heterocycles. The van der Waals surface area contributed by atoms with E-state index in [4.69, 9.17) is 4.74 Å². The predicted molar refractivity (Wildman–Crippen MR) is 89.9 cm³/mol. The number of ether oxygens (including phenoxy) is 1. The summed E-state index contributed by atoms with van der Waals surface area (Å²) in [5.41, 5.74) is 1.34. The molecular weight excluding hydrogens is 306 g/mol. The maximum Gasteiger partial charge on any atom is 0.273 e. The molecular formula is C17H23N5O2. The Morgan fingerprint density at radius 2 is 2.25 bits per heavy atom. The third-order valence-corrected chi connectivity index (χ3v) is 4.09. The van der Waals surface area contributed by atoms with Gasteiger partial charge >= 0.3 is 0 Å². The SMILES string of the molecule is CCOc1cccc(CNC(=O)c2cn(C3CCNCC3)nn2)c1. The number of aromatic nitrogens is 3. The molecule has 1 aromatic carbocycles. The third-order valence-electron chi connectivity index (χ3n) is 4.09. The Hall–Kier alpha value is -2.41. The largest absolute Gasteiger partial charge is 0.494 e. The third kappa shape index (κ3) is 4.11. The second-order valence-electron chi connectivity index (χ2n) is 5.83. The number of carbonyl (C=O) groups is 1. The van der Waals surface area contributed by atoms with Crippen LogP contribution in [0.1, 0.15) is 41.9 Å². The van der Waals surface area contributed by atoms with Gasteiger partial charge in [0, 0.05) is 6.54 Å². The van der Waals surface area contributed by atoms with Gasteiger partial charge in [0.05, 0.1) is 18.8 Å². The van der Waals surface area contributed by atoms with Crippen LogP contribution in [0.25, 0.3) is 0 Å². The lowest BCUT2D eigenvalue weighted by atomic mass is 10.1. The van der Waals surface area contributed by atoms with E-state index < -0.39 is 0 Å². The van der Waals surface area contributed by atoms with Crippen LogP contribution in [-0.2, 0) is 6.54 Å². The molecule has 24 heavy (non-hydrogen) atoms.